The Balaban J connectivity index is 1.93. The van der Waals surface area contributed by atoms with Gasteiger partial charge in [-0.1, -0.05) is 6.42 Å². The topological polar surface area (TPSA) is 85.2 Å². The van der Waals surface area contributed by atoms with Gasteiger partial charge in [0.1, 0.15) is 12.3 Å². The van der Waals surface area contributed by atoms with Gasteiger partial charge in [-0.2, -0.15) is 0 Å². The standard InChI is InChI=1S/C19H27N3O5/c1-20-19(23)21-14-15(24-2)13-7-11-26-16(13)18(25-3)17(14)27-12-10-22-8-5-4-6-9-22/h7,11H,4-6,8-10,12H2,1-3H3,(H2,20,21,23). The van der Waals surface area contributed by atoms with Gasteiger partial charge < -0.3 is 29.3 Å². The molecule has 1 aromatic carbocycles. The van der Waals surface area contributed by atoms with Gasteiger partial charge in [-0.05, 0) is 32.0 Å². The molecule has 1 aromatic heterocycles. The molecule has 0 unspecified atom stereocenters. The van der Waals surface area contributed by atoms with Crippen LogP contribution in [0.1, 0.15) is 19.3 Å². The van der Waals surface area contributed by atoms with Crippen molar-refractivity contribution in [1.82, 2.24) is 10.2 Å². The van der Waals surface area contributed by atoms with Gasteiger partial charge in [0, 0.05) is 13.6 Å². The average molecular weight is 377 g/mol. The average Bonchev–Trinajstić information content (AvgIpc) is 3.18. The highest BCUT2D eigenvalue weighted by atomic mass is 16.5. The van der Waals surface area contributed by atoms with E-state index >= 15 is 0 Å². The van der Waals surface area contributed by atoms with E-state index in [4.69, 9.17) is 18.6 Å². The Bertz CT molecular complexity index is 783. The number of likely N-dealkylation sites (tertiary alicyclic amines) is 1. The van der Waals surface area contributed by atoms with Crippen molar-refractivity contribution in [3.63, 3.8) is 0 Å². The van der Waals surface area contributed by atoms with E-state index in [9.17, 15) is 4.79 Å². The summed E-state index contributed by atoms with van der Waals surface area (Å²) < 4.78 is 22.8. The van der Waals surface area contributed by atoms with Crippen LogP contribution in [0.2, 0.25) is 0 Å². The van der Waals surface area contributed by atoms with E-state index in [1.165, 1.54) is 19.3 Å². The van der Waals surface area contributed by atoms with Crippen LogP contribution in [0, 0.1) is 0 Å². The number of carbonyl (C=O) groups excluding carboxylic acids is 1. The van der Waals surface area contributed by atoms with Gasteiger partial charge in [0.05, 0.1) is 25.9 Å². The highest BCUT2D eigenvalue weighted by Crippen LogP contribution is 2.49. The molecule has 2 heterocycles. The van der Waals surface area contributed by atoms with Crippen molar-refractivity contribution in [3.8, 4) is 17.2 Å². The predicted octanol–water partition coefficient (Wildman–Crippen LogP) is 3.07. The quantitative estimate of drug-likeness (QED) is 0.771. The number of carbonyl (C=O) groups is 1. The molecule has 8 heteroatoms. The summed E-state index contributed by atoms with van der Waals surface area (Å²) in [5.74, 6) is 1.30. The fourth-order valence-electron chi connectivity index (χ4n) is 3.40. The molecule has 1 saturated heterocycles. The maximum Gasteiger partial charge on any atom is 0.319 e. The zero-order chi connectivity index (χ0) is 19.2. The first-order valence-corrected chi connectivity index (χ1v) is 9.18. The second-order valence-electron chi connectivity index (χ2n) is 6.39. The van der Waals surface area contributed by atoms with Crippen LogP contribution in [0.3, 0.4) is 0 Å². The first-order valence-electron chi connectivity index (χ1n) is 9.18. The molecular weight excluding hydrogens is 350 g/mol. The summed E-state index contributed by atoms with van der Waals surface area (Å²) in [6.45, 7) is 3.45. The molecule has 1 fully saturated rings. The molecule has 8 nitrogen and oxygen atoms in total. The number of nitrogens with one attached hydrogen (secondary N) is 2. The summed E-state index contributed by atoms with van der Waals surface area (Å²) >= 11 is 0. The first-order chi connectivity index (χ1) is 13.2. The van der Waals surface area contributed by atoms with Gasteiger partial charge in [-0.15, -0.1) is 0 Å². The molecule has 2 N–H and O–H groups in total. The van der Waals surface area contributed by atoms with Crippen molar-refractivity contribution in [1.29, 1.82) is 0 Å². The van der Waals surface area contributed by atoms with Crippen molar-refractivity contribution in [2.24, 2.45) is 0 Å². The number of piperidine rings is 1. The van der Waals surface area contributed by atoms with Crippen molar-refractivity contribution >= 4 is 22.7 Å². The summed E-state index contributed by atoms with van der Waals surface area (Å²) in [5.41, 5.74) is 0.936. The minimum Gasteiger partial charge on any atom is -0.494 e. The molecule has 0 spiro atoms. The second kappa shape index (κ2) is 8.85. The van der Waals surface area contributed by atoms with Crippen LogP contribution in [0.4, 0.5) is 10.5 Å². The largest absolute Gasteiger partial charge is 0.494 e. The van der Waals surface area contributed by atoms with Crippen LogP contribution in [0.5, 0.6) is 17.2 Å². The summed E-state index contributed by atoms with van der Waals surface area (Å²) in [6, 6.07) is 1.39. The Hall–Kier alpha value is -2.61. The highest BCUT2D eigenvalue weighted by Gasteiger charge is 2.26. The van der Waals surface area contributed by atoms with Gasteiger partial charge >= 0.3 is 6.03 Å². The number of rotatable bonds is 7. The molecule has 2 amide bonds. The third-order valence-corrected chi connectivity index (χ3v) is 4.75. The number of benzene rings is 1. The molecule has 3 rings (SSSR count). The molecular formula is C19H27N3O5. The van der Waals surface area contributed by atoms with Gasteiger partial charge in [-0.3, -0.25) is 4.90 Å². The second-order valence-corrected chi connectivity index (χ2v) is 6.39. The molecule has 0 bridgehead atoms. The Morgan fingerprint density at radius 1 is 1.15 bits per heavy atom. The molecule has 27 heavy (non-hydrogen) atoms. The van der Waals surface area contributed by atoms with Crippen molar-refractivity contribution in [2.45, 2.75) is 19.3 Å². The Kier molecular flexibility index (Phi) is 6.28. The zero-order valence-corrected chi connectivity index (χ0v) is 16.1. The summed E-state index contributed by atoms with van der Waals surface area (Å²) in [5, 5.41) is 6.03. The van der Waals surface area contributed by atoms with Crippen LogP contribution in [-0.2, 0) is 0 Å². The van der Waals surface area contributed by atoms with E-state index in [1.54, 1.807) is 33.6 Å². The first kappa shape index (κ1) is 19.2. The zero-order valence-electron chi connectivity index (χ0n) is 16.1. The van der Waals surface area contributed by atoms with Crippen molar-refractivity contribution in [3.05, 3.63) is 12.3 Å². The lowest BCUT2D eigenvalue weighted by atomic mass is 10.1. The Labute approximate surface area is 158 Å². The van der Waals surface area contributed by atoms with E-state index in [0.29, 0.717) is 40.5 Å². The van der Waals surface area contributed by atoms with Gasteiger partial charge in [0.2, 0.25) is 5.75 Å². The van der Waals surface area contributed by atoms with Crippen LogP contribution in [0.15, 0.2) is 16.7 Å². The number of amides is 2. The number of hydrogen-bond acceptors (Lipinski definition) is 6. The molecule has 1 aliphatic rings. The lowest BCUT2D eigenvalue weighted by Crippen LogP contribution is -2.33. The van der Waals surface area contributed by atoms with Gasteiger partial charge in [0.25, 0.3) is 0 Å². The predicted molar refractivity (Wildman–Crippen MR) is 103 cm³/mol. The number of anilines is 1. The van der Waals surface area contributed by atoms with Crippen LogP contribution >= 0.6 is 0 Å². The van der Waals surface area contributed by atoms with Gasteiger partial charge in [-0.25, -0.2) is 4.79 Å². The third-order valence-electron chi connectivity index (χ3n) is 4.75. The monoisotopic (exact) mass is 377 g/mol. The number of nitrogens with zero attached hydrogens (tertiary/aromatic N) is 1. The van der Waals surface area contributed by atoms with E-state index < -0.39 is 0 Å². The fraction of sp³-hybridized carbons (Fsp3) is 0.526. The Morgan fingerprint density at radius 2 is 1.89 bits per heavy atom. The van der Waals surface area contributed by atoms with Crippen LogP contribution < -0.4 is 24.8 Å². The normalized spacial score (nSPS) is 14.8. The van der Waals surface area contributed by atoms with Crippen LogP contribution in [-0.4, -0.2) is 58.4 Å². The van der Waals surface area contributed by atoms with Crippen molar-refractivity contribution in [2.75, 3.05) is 52.8 Å². The minimum absolute atomic E-state index is 0.376. The lowest BCUT2D eigenvalue weighted by molar-refractivity contribution is 0.181. The van der Waals surface area contributed by atoms with E-state index in [0.717, 1.165) is 19.6 Å². The Morgan fingerprint density at radius 3 is 2.56 bits per heavy atom. The fourth-order valence-corrected chi connectivity index (χ4v) is 3.40. The summed E-state index contributed by atoms with van der Waals surface area (Å²) in [7, 11) is 4.64. The molecule has 0 saturated carbocycles. The number of ether oxygens (including phenoxy) is 3. The van der Waals surface area contributed by atoms with Crippen LogP contribution in [0.25, 0.3) is 11.0 Å². The number of hydrogen-bond donors (Lipinski definition) is 2. The maximum atomic E-state index is 12.0. The summed E-state index contributed by atoms with van der Waals surface area (Å²) in [4.78, 5) is 14.4. The van der Waals surface area contributed by atoms with E-state index in [2.05, 4.69) is 15.5 Å². The highest BCUT2D eigenvalue weighted by molar-refractivity contribution is 6.03. The SMILES string of the molecule is CNC(=O)Nc1c(OCCN2CCCCC2)c(OC)c2occc2c1OC. The number of methoxy groups -OCH3 is 2. The number of urea groups is 1. The smallest absolute Gasteiger partial charge is 0.319 e. The molecule has 2 aromatic rings. The van der Waals surface area contributed by atoms with Gasteiger partial charge in [0.15, 0.2) is 17.1 Å². The summed E-state index contributed by atoms with van der Waals surface area (Å²) in [6.07, 6.45) is 5.28. The van der Waals surface area contributed by atoms with E-state index in [1.807, 2.05) is 0 Å². The van der Waals surface area contributed by atoms with E-state index in [-0.39, 0.29) is 6.03 Å². The molecule has 148 valence electrons. The molecule has 0 aliphatic carbocycles. The molecule has 0 radical (unpaired) electrons. The number of furan rings is 1. The number of fused-ring (bicyclic) bond motifs is 1. The van der Waals surface area contributed by atoms with Crippen molar-refractivity contribution < 1.29 is 23.4 Å². The minimum atomic E-state index is -0.376. The molecule has 0 atom stereocenters. The lowest BCUT2D eigenvalue weighted by Gasteiger charge is -2.26. The third kappa shape index (κ3) is 4.05. The molecule has 1 aliphatic heterocycles. The maximum absolute atomic E-state index is 12.0.